The van der Waals surface area contributed by atoms with Crippen LogP contribution in [0.4, 0.5) is 0 Å². The van der Waals surface area contributed by atoms with E-state index >= 15 is 0 Å². The van der Waals surface area contributed by atoms with Crippen molar-refractivity contribution in [3.05, 3.63) is 54.7 Å². The molecule has 1 fully saturated rings. The second kappa shape index (κ2) is 7.26. The summed E-state index contributed by atoms with van der Waals surface area (Å²) in [6.45, 7) is 3.12. The average molecular weight is 366 g/mol. The molecule has 4 rings (SSSR count). The first-order valence-corrected chi connectivity index (χ1v) is 9.17. The van der Waals surface area contributed by atoms with Gasteiger partial charge in [-0.15, -0.1) is 0 Å². The van der Waals surface area contributed by atoms with E-state index in [2.05, 4.69) is 10.3 Å². The van der Waals surface area contributed by atoms with Gasteiger partial charge in [0.05, 0.1) is 29.2 Å². The summed E-state index contributed by atoms with van der Waals surface area (Å²) in [6.07, 6.45) is 6.16. The predicted octanol–water partition coefficient (Wildman–Crippen LogP) is 2.61. The van der Waals surface area contributed by atoms with Gasteiger partial charge < -0.3 is 19.2 Å². The summed E-state index contributed by atoms with van der Waals surface area (Å²) in [6, 6.07) is 9.18. The van der Waals surface area contributed by atoms with E-state index in [1.54, 1.807) is 17.3 Å². The smallest absolute Gasteiger partial charge is 0.257 e. The number of aromatic nitrogens is 2. The topological polar surface area (TPSA) is 80.4 Å². The van der Waals surface area contributed by atoms with Crippen molar-refractivity contribution in [1.82, 2.24) is 19.8 Å². The highest BCUT2D eigenvalue weighted by atomic mass is 16.3. The van der Waals surface area contributed by atoms with Gasteiger partial charge in [0, 0.05) is 19.1 Å². The van der Waals surface area contributed by atoms with E-state index in [4.69, 9.17) is 4.42 Å². The summed E-state index contributed by atoms with van der Waals surface area (Å²) >= 11 is 0. The van der Waals surface area contributed by atoms with Crippen LogP contribution in [0.3, 0.4) is 0 Å². The molecule has 1 aliphatic rings. The molecule has 27 heavy (non-hydrogen) atoms. The van der Waals surface area contributed by atoms with E-state index in [0.717, 1.165) is 23.9 Å². The lowest BCUT2D eigenvalue weighted by Gasteiger charge is -2.32. The zero-order valence-corrected chi connectivity index (χ0v) is 15.2. The lowest BCUT2D eigenvalue weighted by molar-refractivity contribution is -0.124. The lowest BCUT2D eigenvalue weighted by Crippen LogP contribution is -2.47. The van der Waals surface area contributed by atoms with Crippen molar-refractivity contribution < 1.29 is 14.0 Å². The quantitative estimate of drug-likeness (QED) is 0.770. The molecule has 3 heterocycles. The SMILES string of the molecule is C[C@@H](C(=O)NC1CCN(C(=O)c2ccoc2)CC1)n1cnc2ccccc21. The van der Waals surface area contributed by atoms with Gasteiger partial charge in [-0.2, -0.15) is 0 Å². The summed E-state index contributed by atoms with van der Waals surface area (Å²) in [7, 11) is 0. The van der Waals surface area contributed by atoms with E-state index < -0.39 is 0 Å². The van der Waals surface area contributed by atoms with Crippen molar-refractivity contribution in [3.63, 3.8) is 0 Å². The van der Waals surface area contributed by atoms with Crippen LogP contribution in [-0.4, -0.2) is 45.4 Å². The maximum absolute atomic E-state index is 12.7. The number of amides is 2. The van der Waals surface area contributed by atoms with Gasteiger partial charge in [-0.25, -0.2) is 4.98 Å². The molecule has 1 aliphatic heterocycles. The minimum atomic E-state index is -0.344. The Labute approximate surface area is 157 Å². The summed E-state index contributed by atoms with van der Waals surface area (Å²) < 4.78 is 6.87. The molecule has 0 radical (unpaired) electrons. The molecule has 2 amide bonds. The number of piperidine rings is 1. The Bertz CT molecular complexity index is 939. The fraction of sp³-hybridized carbons (Fsp3) is 0.350. The number of para-hydroxylation sites is 2. The fourth-order valence-electron chi connectivity index (χ4n) is 3.53. The zero-order chi connectivity index (χ0) is 18.8. The first-order chi connectivity index (χ1) is 13.1. The van der Waals surface area contributed by atoms with E-state index in [9.17, 15) is 9.59 Å². The highest BCUT2D eigenvalue weighted by Crippen LogP contribution is 2.19. The monoisotopic (exact) mass is 366 g/mol. The summed E-state index contributed by atoms with van der Waals surface area (Å²) in [5.41, 5.74) is 2.39. The normalized spacial score (nSPS) is 16.4. The van der Waals surface area contributed by atoms with Crippen LogP contribution in [0.5, 0.6) is 0 Å². The van der Waals surface area contributed by atoms with Gasteiger partial charge in [0.2, 0.25) is 5.91 Å². The number of imidazole rings is 1. The Morgan fingerprint density at radius 1 is 1.22 bits per heavy atom. The van der Waals surface area contributed by atoms with Crippen LogP contribution in [0.25, 0.3) is 11.0 Å². The highest BCUT2D eigenvalue weighted by molar-refractivity contribution is 5.93. The van der Waals surface area contributed by atoms with Gasteiger partial charge in [-0.3, -0.25) is 9.59 Å². The molecule has 140 valence electrons. The van der Waals surface area contributed by atoms with Crippen LogP contribution in [0.15, 0.2) is 53.6 Å². The maximum atomic E-state index is 12.7. The van der Waals surface area contributed by atoms with E-state index in [1.807, 2.05) is 35.8 Å². The van der Waals surface area contributed by atoms with Gasteiger partial charge >= 0.3 is 0 Å². The zero-order valence-electron chi connectivity index (χ0n) is 15.2. The minimum absolute atomic E-state index is 0.0215. The summed E-state index contributed by atoms with van der Waals surface area (Å²) in [5, 5.41) is 3.12. The number of rotatable bonds is 4. The number of likely N-dealkylation sites (tertiary alicyclic amines) is 1. The van der Waals surface area contributed by atoms with Crippen LogP contribution in [0, 0.1) is 0 Å². The number of furan rings is 1. The first-order valence-electron chi connectivity index (χ1n) is 9.17. The maximum Gasteiger partial charge on any atom is 0.257 e. The second-order valence-corrected chi connectivity index (χ2v) is 6.90. The number of carbonyl (C=O) groups is 2. The summed E-state index contributed by atoms with van der Waals surface area (Å²) in [4.78, 5) is 31.2. The third-order valence-electron chi connectivity index (χ3n) is 5.17. The van der Waals surface area contributed by atoms with Crippen molar-refractivity contribution in [1.29, 1.82) is 0 Å². The number of fused-ring (bicyclic) bond motifs is 1. The molecule has 1 saturated heterocycles. The third-order valence-corrected chi connectivity index (χ3v) is 5.17. The van der Waals surface area contributed by atoms with Gasteiger partial charge in [-0.05, 0) is 38.0 Å². The average Bonchev–Trinajstić information content (AvgIpc) is 3.37. The van der Waals surface area contributed by atoms with E-state index in [0.29, 0.717) is 18.7 Å². The number of benzene rings is 1. The minimum Gasteiger partial charge on any atom is -0.472 e. The van der Waals surface area contributed by atoms with Gasteiger partial charge in [0.25, 0.3) is 5.91 Å². The van der Waals surface area contributed by atoms with Crippen LogP contribution in [-0.2, 0) is 4.79 Å². The van der Waals surface area contributed by atoms with Crippen LogP contribution in [0.1, 0.15) is 36.2 Å². The molecule has 3 aromatic rings. The standard InChI is InChI=1S/C20H22N4O3/c1-14(24-13-21-17-4-2-3-5-18(17)24)19(25)22-16-6-9-23(10-7-16)20(26)15-8-11-27-12-15/h2-5,8,11-14,16H,6-7,9-10H2,1H3,(H,22,25)/t14-/m0/s1. The van der Waals surface area contributed by atoms with Gasteiger partial charge in [0.1, 0.15) is 12.3 Å². The number of hydrogen-bond acceptors (Lipinski definition) is 4. The van der Waals surface area contributed by atoms with Gasteiger partial charge in [-0.1, -0.05) is 12.1 Å². The van der Waals surface area contributed by atoms with Crippen LogP contribution < -0.4 is 5.32 Å². The summed E-state index contributed by atoms with van der Waals surface area (Å²) in [5.74, 6) is -0.0513. The van der Waals surface area contributed by atoms with Crippen molar-refractivity contribution in [2.75, 3.05) is 13.1 Å². The number of carbonyl (C=O) groups excluding carboxylic acids is 2. The van der Waals surface area contributed by atoms with E-state index in [-0.39, 0.29) is 23.9 Å². The molecule has 7 heteroatoms. The Balaban J connectivity index is 1.35. The Kier molecular flexibility index (Phi) is 4.66. The van der Waals surface area contributed by atoms with Crippen molar-refractivity contribution in [3.8, 4) is 0 Å². The molecule has 0 saturated carbocycles. The van der Waals surface area contributed by atoms with Crippen LogP contribution >= 0.6 is 0 Å². The number of hydrogen-bond donors (Lipinski definition) is 1. The Morgan fingerprint density at radius 2 is 2.00 bits per heavy atom. The molecule has 1 atom stereocenters. The van der Waals surface area contributed by atoms with Crippen LogP contribution in [0.2, 0.25) is 0 Å². The number of nitrogens with one attached hydrogen (secondary N) is 1. The molecule has 2 aromatic heterocycles. The fourth-order valence-corrected chi connectivity index (χ4v) is 3.53. The molecule has 0 bridgehead atoms. The second-order valence-electron chi connectivity index (χ2n) is 6.90. The van der Waals surface area contributed by atoms with Crippen molar-refractivity contribution in [2.45, 2.75) is 31.8 Å². The van der Waals surface area contributed by atoms with Crippen molar-refractivity contribution >= 4 is 22.8 Å². The largest absolute Gasteiger partial charge is 0.472 e. The number of nitrogens with zero attached hydrogens (tertiary/aromatic N) is 3. The lowest BCUT2D eigenvalue weighted by atomic mass is 10.0. The molecule has 0 spiro atoms. The molecule has 1 N–H and O–H groups in total. The highest BCUT2D eigenvalue weighted by Gasteiger charge is 2.26. The molecule has 0 aliphatic carbocycles. The third kappa shape index (κ3) is 3.45. The molecule has 1 aromatic carbocycles. The first kappa shape index (κ1) is 17.3. The molecule has 0 unspecified atom stereocenters. The van der Waals surface area contributed by atoms with E-state index in [1.165, 1.54) is 12.5 Å². The molecular formula is C20H22N4O3. The Hall–Kier alpha value is -3.09. The van der Waals surface area contributed by atoms with Crippen molar-refractivity contribution in [2.24, 2.45) is 0 Å². The molecule has 7 nitrogen and oxygen atoms in total. The van der Waals surface area contributed by atoms with Gasteiger partial charge in [0.15, 0.2) is 0 Å². The predicted molar refractivity (Wildman–Crippen MR) is 100 cm³/mol. The Morgan fingerprint density at radius 3 is 2.74 bits per heavy atom. The molecular weight excluding hydrogens is 344 g/mol.